The van der Waals surface area contributed by atoms with E-state index in [4.69, 9.17) is 5.73 Å². The molecule has 0 aliphatic rings. The normalized spacial score (nSPS) is 9.06. The molecule has 0 aromatic heterocycles. The fourth-order valence-corrected chi connectivity index (χ4v) is 1.11. The van der Waals surface area contributed by atoms with Crippen LogP contribution in [-0.4, -0.2) is 17.8 Å². The first-order valence-corrected chi connectivity index (χ1v) is 4.61. The largest absolute Gasteiger partial charge is 0.330 e. The van der Waals surface area contributed by atoms with Gasteiger partial charge < -0.3 is 5.73 Å². The topological polar surface area (TPSA) is 86.2 Å². The van der Waals surface area contributed by atoms with Gasteiger partial charge in [0.15, 0.2) is 0 Å². The number of benzene rings is 1. The van der Waals surface area contributed by atoms with E-state index in [1.165, 1.54) is 18.2 Å². The van der Waals surface area contributed by atoms with Gasteiger partial charge in [-0.25, -0.2) is 0 Å². The van der Waals surface area contributed by atoms with Crippen LogP contribution in [0.3, 0.4) is 0 Å². The zero-order valence-electron chi connectivity index (χ0n) is 8.47. The van der Waals surface area contributed by atoms with Gasteiger partial charge in [0.25, 0.3) is 5.69 Å². The van der Waals surface area contributed by atoms with Crippen LogP contribution in [0.2, 0.25) is 0 Å². The highest BCUT2D eigenvalue weighted by atomic mass is 16.6. The molecule has 0 saturated heterocycles. The molecule has 0 atom stereocenters. The summed E-state index contributed by atoms with van der Waals surface area (Å²) < 4.78 is 0. The number of aldehydes is 1. The number of nitrogens with two attached hydrogens (primary N) is 1. The summed E-state index contributed by atoms with van der Waals surface area (Å²) >= 11 is 0. The molecule has 0 spiro atoms. The molecule has 1 rings (SSSR count). The van der Waals surface area contributed by atoms with E-state index >= 15 is 0 Å². The molecule has 0 bridgehead atoms. The molecule has 0 aliphatic heterocycles. The van der Waals surface area contributed by atoms with Gasteiger partial charge >= 0.3 is 0 Å². The van der Waals surface area contributed by atoms with Crippen LogP contribution in [0.25, 0.3) is 0 Å². The summed E-state index contributed by atoms with van der Waals surface area (Å²) in [6, 6.07) is 4.16. The van der Waals surface area contributed by atoms with Crippen molar-refractivity contribution in [3.63, 3.8) is 0 Å². The van der Waals surface area contributed by atoms with Gasteiger partial charge in [-0.3, -0.25) is 14.9 Å². The van der Waals surface area contributed by atoms with Crippen LogP contribution in [0.5, 0.6) is 0 Å². The molecule has 16 heavy (non-hydrogen) atoms. The van der Waals surface area contributed by atoms with Gasteiger partial charge in [-0.2, -0.15) is 0 Å². The van der Waals surface area contributed by atoms with Crippen LogP contribution >= 0.6 is 0 Å². The van der Waals surface area contributed by atoms with Gasteiger partial charge in [0.2, 0.25) is 0 Å². The molecule has 0 radical (unpaired) electrons. The maximum Gasteiger partial charge on any atom is 0.285 e. The molecule has 0 heterocycles. The Morgan fingerprint density at radius 1 is 1.50 bits per heavy atom. The highest BCUT2D eigenvalue weighted by Crippen LogP contribution is 2.18. The Morgan fingerprint density at radius 2 is 2.25 bits per heavy atom. The molecule has 2 N–H and O–H groups in total. The second-order valence-electron chi connectivity index (χ2n) is 2.99. The van der Waals surface area contributed by atoms with E-state index in [9.17, 15) is 14.9 Å². The Kier molecular flexibility index (Phi) is 4.18. The summed E-state index contributed by atoms with van der Waals surface area (Å²) in [5.74, 6) is 5.38. The van der Waals surface area contributed by atoms with Crippen molar-refractivity contribution in [2.75, 3.05) is 6.54 Å². The molecule has 0 amide bonds. The third kappa shape index (κ3) is 2.90. The van der Waals surface area contributed by atoms with Gasteiger partial charge in [0.05, 0.1) is 4.92 Å². The number of carbonyl (C=O) groups is 1. The van der Waals surface area contributed by atoms with Crippen molar-refractivity contribution in [3.8, 4) is 11.8 Å². The molecule has 1 aromatic carbocycles. The summed E-state index contributed by atoms with van der Waals surface area (Å²) in [7, 11) is 0. The highest BCUT2D eigenvalue weighted by molar-refractivity contribution is 5.77. The summed E-state index contributed by atoms with van der Waals surface area (Å²) in [5, 5.41) is 10.7. The lowest BCUT2D eigenvalue weighted by molar-refractivity contribution is -0.385. The van der Waals surface area contributed by atoms with E-state index in [0.29, 0.717) is 24.8 Å². The molecular formula is C11H10N2O3. The predicted molar refractivity (Wildman–Crippen MR) is 59.0 cm³/mol. The minimum atomic E-state index is -0.556. The molecule has 0 saturated carbocycles. The molecular weight excluding hydrogens is 208 g/mol. The van der Waals surface area contributed by atoms with E-state index in [0.717, 1.165) is 0 Å². The number of nitrogens with zero attached hydrogens (tertiary/aromatic N) is 1. The lowest BCUT2D eigenvalue weighted by atomic mass is 10.1. The Bertz CT molecular complexity index is 472. The first-order valence-electron chi connectivity index (χ1n) is 4.61. The zero-order chi connectivity index (χ0) is 12.0. The van der Waals surface area contributed by atoms with E-state index in [-0.39, 0.29) is 11.3 Å². The fraction of sp³-hybridized carbons (Fsp3) is 0.182. The van der Waals surface area contributed by atoms with E-state index in [2.05, 4.69) is 11.8 Å². The second kappa shape index (κ2) is 5.63. The van der Waals surface area contributed by atoms with Crippen molar-refractivity contribution in [1.82, 2.24) is 0 Å². The minimum absolute atomic E-state index is 0.158. The van der Waals surface area contributed by atoms with Gasteiger partial charge in [-0.05, 0) is 12.1 Å². The van der Waals surface area contributed by atoms with Crippen LogP contribution in [0.4, 0.5) is 5.69 Å². The Morgan fingerprint density at radius 3 is 2.81 bits per heavy atom. The molecule has 0 fully saturated rings. The fourth-order valence-electron chi connectivity index (χ4n) is 1.11. The number of nitro benzene ring substituents is 1. The summed E-state index contributed by atoms with van der Waals surface area (Å²) in [6.45, 7) is 0.410. The third-order valence-corrected chi connectivity index (χ3v) is 1.85. The lowest BCUT2D eigenvalue weighted by Crippen LogP contribution is -1.96. The zero-order valence-corrected chi connectivity index (χ0v) is 8.47. The average molecular weight is 218 g/mol. The van der Waals surface area contributed by atoms with Crippen LogP contribution in [0.1, 0.15) is 22.3 Å². The predicted octanol–water partition coefficient (Wildman–Crippen LogP) is 1.11. The van der Waals surface area contributed by atoms with Crippen LogP contribution in [0.15, 0.2) is 18.2 Å². The van der Waals surface area contributed by atoms with Gasteiger partial charge in [-0.1, -0.05) is 11.8 Å². The SMILES string of the molecule is NCCC#Cc1ccc(C=O)cc1[N+](=O)[O-]. The number of hydrogen-bond acceptors (Lipinski definition) is 4. The highest BCUT2D eigenvalue weighted by Gasteiger charge is 2.12. The monoisotopic (exact) mass is 218 g/mol. The van der Waals surface area contributed by atoms with Crippen molar-refractivity contribution < 1.29 is 9.72 Å². The van der Waals surface area contributed by atoms with Crippen molar-refractivity contribution in [2.24, 2.45) is 5.73 Å². The number of hydrogen-bond donors (Lipinski definition) is 1. The lowest BCUT2D eigenvalue weighted by Gasteiger charge is -1.96. The maximum atomic E-state index is 10.7. The molecule has 5 nitrogen and oxygen atoms in total. The van der Waals surface area contributed by atoms with E-state index in [1.54, 1.807) is 0 Å². The molecule has 0 unspecified atom stereocenters. The Balaban J connectivity index is 3.14. The quantitative estimate of drug-likeness (QED) is 0.356. The molecule has 1 aromatic rings. The van der Waals surface area contributed by atoms with Gasteiger partial charge in [-0.15, -0.1) is 0 Å². The van der Waals surface area contributed by atoms with Crippen LogP contribution in [-0.2, 0) is 0 Å². The summed E-state index contributed by atoms with van der Waals surface area (Å²) in [5.41, 5.74) is 5.65. The average Bonchev–Trinajstić information content (AvgIpc) is 2.29. The molecule has 5 heteroatoms. The van der Waals surface area contributed by atoms with Crippen molar-refractivity contribution in [1.29, 1.82) is 0 Å². The first kappa shape index (κ1) is 11.9. The van der Waals surface area contributed by atoms with Gasteiger partial charge in [0, 0.05) is 24.6 Å². The number of nitro groups is 1. The van der Waals surface area contributed by atoms with E-state index in [1.807, 2.05) is 0 Å². The van der Waals surface area contributed by atoms with Gasteiger partial charge in [0.1, 0.15) is 11.8 Å². The molecule has 82 valence electrons. The maximum absolute atomic E-state index is 10.7. The van der Waals surface area contributed by atoms with Crippen molar-refractivity contribution in [2.45, 2.75) is 6.42 Å². The van der Waals surface area contributed by atoms with Crippen molar-refractivity contribution in [3.05, 3.63) is 39.4 Å². The summed E-state index contributed by atoms with van der Waals surface area (Å²) in [4.78, 5) is 20.6. The second-order valence-corrected chi connectivity index (χ2v) is 2.99. The summed E-state index contributed by atoms with van der Waals surface area (Å²) in [6.07, 6.45) is 1.04. The van der Waals surface area contributed by atoms with Crippen LogP contribution < -0.4 is 5.73 Å². The third-order valence-electron chi connectivity index (χ3n) is 1.85. The first-order chi connectivity index (χ1) is 7.69. The Hall–Kier alpha value is -2.19. The van der Waals surface area contributed by atoms with E-state index < -0.39 is 4.92 Å². The minimum Gasteiger partial charge on any atom is -0.330 e. The van der Waals surface area contributed by atoms with Crippen LogP contribution in [0, 0.1) is 22.0 Å². The van der Waals surface area contributed by atoms with Crippen molar-refractivity contribution >= 4 is 12.0 Å². The smallest absolute Gasteiger partial charge is 0.285 e. The number of rotatable bonds is 3. The Labute approximate surface area is 92.4 Å². The molecule has 0 aliphatic carbocycles. The number of carbonyl (C=O) groups excluding carboxylic acids is 1. The standard InChI is InChI=1S/C11H10N2O3/c12-6-2-1-3-10-5-4-9(8-14)7-11(10)13(15)16/h4-5,7-8H,2,6,12H2.